The summed E-state index contributed by atoms with van der Waals surface area (Å²) >= 11 is 0. The van der Waals surface area contributed by atoms with Crippen LogP contribution >= 0.6 is 0 Å². The molecule has 2 N–H and O–H groups in total. The van der Waals surface area contributed by atoms with Crippen molar-refractivity contribution < 1.29 is 9.66 Å². The molecule has 0 radical (unpaired) electrons. The van der Waals surface area contributed by atoms with Crippen LogP contribution in [-0.2, 0) is 11.3 Å². The molecule has 6 nitrogen and oxygen atoms in total. The van der Waals surface area contributed by atoms with Crippen LogP contribution < -0.4 is 5.73 Å². The van der Waals surface area contributed by atoms with Gasteiger partial charge in [-0.3, -0.25) is 15.0 Å². The molecule has 6 heteroatoms. The summed E-state index contributed by atoms with van der Waals surface area (Å²) < 4.78 is 5.56. The van der Waals surface area contributed by atoms with Gasteiger partial charge in [-0.1, -0.05) is 0 Å². The molecule has 0 spiro atoms. The molecule has 1 fully saturated rings. The summed E-state index contributed by atoms with van der Waals surface area (Å²) in [6.07, 6.45) is 2.09. The number of nitrogen functional groups attached to an aromatic ring is 1. The molecule has 1 heterocycles. The minimum absolute atomic E-state index is 0.0840. The van der Waals surface area contributed by atoms with Crippen LogP contribution in [0, 0.1) is 10.1 Å². The molecule has 0 bridgehead atoms. The van der Waals surface area contributed by atoms with E-state index < -0.39 is 4.92 Å². The number of non-ortho nitro benzene ring substituents is 1. The summed E-state index contributed by atoms with van der Waals surface area (Å²) in [5.74, 6) is 0. The van der Waals surface area contributed by atoms with Gasteiger partial charge in [0, 0.05) is 38.0 Å². The van der Waals surface area contributed by atoms with Crippen molar-refractivity contribution in [3.8, 4) is 0 Å². The Morgan fingerprint density at radius 1 is 1.55 bits per heavy atom. The number of likely N-dealkylation sites (tertiary alicyclic amines) is 1. The molecule has 1 aromatic rings. The molecule has 1 unspecified atom stereocenters. The minimum atomic E-state index is -0.390. The lowest BCUT2D eigenvalue weighted by atomic mass is 9.94. The van der Waals surface area contributed by atoms with E-state index in [9.17, 15) is 10.1 Å². The monoisotopic (exact) mass is 279 g/mol. The van der Waals surface area contributed by atoms with Crippen molar-refractivity contribution in [1.29, 1.82) is 0 Å². The molecule has 2 rings (SSSR count). The first-order chi connectivity index (χ1) is 9.43. The SMILES string of the molecule is COC1(C)CCCN(Cc2cc([N+](=O)[O-])ccc2N)C1. The molecule has 0 amide bonds. The van der Waals surface area contributed by atoms with E-state index in [1.165, 1.54) is 6.07 Å². The Morgan fingerprint density at radius 2 is 2.30 bits per heavy atom. The van der Waals surface area contributed by atoms with E-state index in [1.807, 2.05) is 0 Å². The number of benzene rings is 1. The van der Waals surface area contributed by atoms with Crippen LogP contribution in [0.2, 0.25) is 0 Å². The van der Waals surface area contributed by atoms with Crippen LogP contribution in [0.1, 0.15) is 25.3 Å². The number of hydrogen-bond donors (Lipinski definition) is 1. The van der Waals surface area contributed by atoms with Gasteiger partial charge in [0.15, 0.2) is 0 Å². The van der Waals surface area contributed by atoms with Gasteiger partial charge in [-0.05, 0) is 37.9 Å². The van der Waals surface area contributed by atoms with Crippen molar-refractivity contribution in [2.45, 2.75) is 31.9 Å². The summed E-state index contributed by atoms with van der Waals surface area (Å²) in [5, 5.41) is 10.8. The van der Waals surface area contributed by atoms with Gasteiger partial charge in [0.05, 0.1) is 10.5 Å². The lowest BCUT2D eigenvalue weighted by Gasteiger charge is -2.39. The zero-order valence-electron chi connectivity index (χ0n) is 12.0. The van der Waals surface area contributed by atoms with Crippen molar-refractivity contribution in [2.24, 2.45) is 0 Å². The molecule has 0 aromatic heterocycles. The quantitative estimate of drug-likeness (QED) is 0.519. The highest BCUT2D eigenvalue weighted by atomic mass is 16.6. The first kappa shape index (κ1) is 14.7. The number of piperidine rings is 1. The van der Waals surface area contributed by atoms with Gasteiger partial charge >= 0.3 is 0 Å². The third-order valence-corrected chi connectivity index (χ3v) is 3.96. The molecule has 1 aromatic carbocycles. The fourth-order valence-corrected chi connectivity index (χ4v) is 2.69. The Labute approximate surface area is 118 Å². The van der Waals surface area contributed by atoms with E-state index in [2.05, 4.69) is 11.8 Å². The highest BCUT2D eigenvalue weighted by molar-refractivity contribution is 5.52. The van der Waals surface area contributed by atoms with Gasteiger partial charge in [-0.2, -0.15) is 0 Å². The second-order valence-corrected chi connectivity index (χ2v) is 5.61. The third kappa shape index (κ3) is 3.26. The first-order valence-electron chi connectivity index (χ1n) is 6.74. The average Bonchev–Trinajstić information content (AvgIpc) is 2.41. The topological polar surface area (TPSA) is 81.6 Å². The summed E-state index contributed by atoms with van der Waals surface area (Å²) in [6, 6.07) is 4.61. The van der Waals surface area contributed by atoms with Crippen molar-refractivity contribution in [2.75, 3.05) is 25.9 Å². The molecule has 1 saturated heterocycles. The molecular weight excluding hydrogens is 258 g/mol. The summed E-state index contributed by atoms with van der Waals surface area (Å²) in [4.78, 5) is 12.7. The minimum Gasteiger partial charge on any atom is -0.398 e. The van der Waals surface area contributed by atoms with Crippen LogP contribution in [-0.4, -0.2) is 35.6 Å². The maximum absolute atomic E-state index is 10.8. The zero-order chi connectivity index (χ0) is 14.8. The number of nitro groups is 1. The predicted octanol–water partition coefficient (Wildman–Crippen LogP) is 2.18. The molecule has 1 atom stereocenters. The van der Waals surface area contributed by atoms with Gasteiger partial charge in [-0.25, -0.2) is 0 Å². The lowest BCUT2D eigenvalue weighted by molar-refractivity contribution is -0.384. The maximum atomic E-state index is 10.8. The fraction of sp³-hybridized carbons (Fsp3) is 0.571. The third-order valence-electron chi connectivity index (χ3n) is 3.96. The number of methoxy groups -OCH3 is 1. The van der Waals surface area contributed by atoms with E-state index in [1.54, 1.807) is 19.2 Å². The summed E-state index contributed by atoms with van der Waals surface area (Å²) in [5.41, 5.74) is 7.27. The normalized spacial score (nSPS) is 23.7. The number of hydrogen-bond acceptors (Lipinski definition) is 5. The Bertz CT molecular complexity index is 506. The van der Waals surface area contributed by atoms with E-state index in [4.69, 9.17) is 10.5 Å². The van der Waals surface area contributed by atoms with Gasteiger partial charge in [0.1, 0.15) is 0 Å². The van der Waals surface area contributed by atoms with E-state index in [-0.39, 0.29) is 11.3 Å². The van der Waals surface area contributed by atoms with E-state index >= 15 is 0 Å². The largest absolute Gasteiger partial charge is 0.398 e. The molecule has 0 aliphatic carbocycles. The second-order valence-electron chi connectivity index (χ2n) is 5.61. The van der Waals surface area contributed by atoms with Crippen LogP contribution in [0.3, 0.4) is 0 Å². The molecule has 0 saturated carbocycles. The maximum Gasteiger partial charge on any atom is 0.269 e. The van der Waals surface area contributed by atoms with Gasteiger partial charge in [0.2, 0.25) is 0 Å². The highest BCUT2D eigenvalue weighted by Crippen LogP contribution is 2.27. The van der Waals surface area contributed by atoms with Gasteiger partial charge in [-0.15, -0.1) is 0 Å². The van der Waals surface area contributed by atoms with E-state index in [0.717, 1.165) is 31.5 Å². The highest BCUT2D eigenvalue weighted by Gasteiger charge is 2.30. The zero-order valence-corrected chi connectivity index (χ0v) is 12.0. The van der Waals surface area contributed by atoms with Crippen LogP contribution in [0.5, 0.6) is 0 Å². The average molecular weight is 279 g/mol. The number of rotatable bonds is 4. The number of nitrogens with two attached hydrogens (primary N) is 1. The van der Waals surface area contributed by atoms with Gasteiger partial charge in [0.25, 0.3) is 5.69 Å². The van der Waals surface area contributed by atoms with Crippen molar-refractivity contribution in [3.05, 3.63) is 33.9 Å². The van der Waals surface area contributed by atoms with Crippen molar-refractivity contribution in [1.82, 2.24) is 4.90 Å². The Morgan fingerprint density at radius 3 is 2.95 bits per heavy atom. The van der Waals surface area contributed by atoms with Crippen molar-refractivity contribution in [3.63, 3.8) is 0 Å². The van der Waals surface area contributed by atoms with Crippen LogP contribution in [0.25, 0.3) is 0 Å². The second kappa shape index (κ2) is 5.76. The molecule has 1 aliphatic heterocycles. The lowest BCUT2D eigenvalue weighted by Crippen LogP contribution is -2.46. The Kier molecular flexibility index (Phi) is 4.25. The standard InChI is InChI=1S/C14H21N3O3/c1-14(20-2)6-3-7-16(10-14)9-11-8-12(17(18)19)4-5-13(11)15/h4-5,8H,3,6-7,9-10,15H2,1-2H3. The van der Waals surface area contributed by atoms with Crippen molar-refractivity contribution >= 4 is 11.4 Å². The van der Waals surface area contributed by atoms with Gasteiger partial charge < -0.3 is 10.5 Å². The predicted molar refractivity (Wildman–Crippen MR) is 77.4 cm³/mol. The Hall–Kier alpha value is -1.66. The number of nitro benzene ring substituents is 1. The molecular formula is C14H21N3O3. The first-order valence-corrected chi connectivity index (χ1v) is 6.74. The molecule has 110 valence electrons. The number of ether oxygens (including phenoxy) is 1. The smallest absolute Gasteiger partial charge is 0.269 e. The summed E-state index contributed by atoms with van der Waals surface area (Å²) in [6.45, 7) is 4.48. The molecule has 20 heavy (non-hydrogen) atoms. The fourth-order valence-electron chi connectivity index (χ4n) is 2.69. The summed E-state index contributed by atoms with van der Waals surface area (Å²) in [7, 11) is 1.73. The number of anilines is 1. The molecule has 1 aliphatic rings. The van der Waals surface area contributed by atoms with Crippen LogP contribution in [0.15, 0.2) is 18.2 Å². The van der Waals surface area contributed by atoms with Crippen LogP contribution in [0.4, 0.5) is 11.4 Å². The van der Waals surface area contributed by atoms with E-state index in [0.29, 0.717) is 12.2 Å². The Balaban J connectivity index is 2.13. The number of nitrogens with zero attached hydrogens (tertiary/aromatic N) is 2.